The number of hydrogen-bond acceptors (Lipinski definition) is 8. The number of ketones is 1. The van der Waals surface area contributed by atoms with Crippen LogP contribution in [0, 0.1) is 10.8 Å². The van der Waals surface area contributed by atoms with Gasteiger partial charge in [0.1, 0.15) is 17.5 Å². The molecule has 5 heterocycles. The molecular formula is C30H39N7O3. The number of carbonyl (C=O) groups is 1. The number of rotatable bonds is 6. The van der Waals surface area contributed by atoms with Crippen molar-refractivity contribution in [2.45, 2.75) is 64.1 Å². The van der Waals surface area contributed by atoms with E-state index in [0.29, 0.717) is 49.4 Å². The zero-order valence-corrected chi connectivity index (χ0v) is 23.3. The molecule has 3 aromatic rings. The molecule has 0 amide bonds. The molecule has 4 aliphatic rings. The Labute approximate surface area is 234 Å². The standard InChI is InChI=1S/C30H39N7O3/c1-29(16-25(29)38)28(40)30(9-11-31-12-10-30)19-36-20-32-26-24(27(36)39)17-33-37(26)22-7-5-21(6-8-22)35-15-14-34-13-3-2-4-23(34)18-35/h5-8,17,20,23,25,31,38H,2-4,9-16,18-19H2,1H3/t23-,25-,29-/m1/s1. The van der Waals surface area contributed by atoms with Gasteiger partial charge in [-0.25, -0.2) is 9.67 Å². The Morgan fingerprint density at radius 3 is 2.60 bits per heavy atom. The topological polar surface area (TPSA) is 109 Å². The summed E-state index contributed by atoms with van der Waals surface area (Å²) in [7, 11) is 0. The Bertz CT molecular complexity index is 1470. The summed E-state index contributed by atoms with van der Waals surface area (Å²) in [5, 5.41) is 18.5. The number of nitrogens with one attached hydrogen (secondary N) is 1. The number of anilines is 1. The van der Waals surface area contributed by atoms with Crippen molar-refractivity contribution < 1.29 is 9.90 Å². The Morgan fingerprint density at radius 2 is 1.85 bits per heavy atom. The summed E-state index contributed by atoms with van der Waals surface area (Å²) in [6.07, 6.45) is 8.25. The number of Topliss-reactive ketones (excluding diaryl/α,β-unsaturated/α-hetero) is 1. The highest BCUT2D eigenvalue weighted by atomic mass is 16.3. The molecule has 7 rings (SSSR count). The molecule has 10 nitrogen and oxygen atoms in total. The van der Waals surface area contributed by atoms with Crippen LogP contribution in [0.3, 0.4) is 0 Å². The van der Waals surface area contributed by atoms with Crippen molar-refractivity contribution in [3.8, 4) is 5.69 Å². The summed E-state index contributed by atoms with van der Waals surface area (Å²) >= 11 is 0. The van der Waals surface area contributed by atoms with E-state index in [1.807, 2.05) is 19.1 Å². The number of aliphatic hydroxyl groups is 1. The SMILES string of the molecule is C[C@@]1(C(=O)C2(Cn3cnc4c(cnn4-c4ccc(N5CCN6CCCC[C@@H]6C5)cc4)c3=O)CCNCC2)C[C@H]1O. The quantitative estimate of drug-likeness (QED) is 0.484. The smallest absolute Gasteiger partial charge is 0.264 e. The third-order valence-corrected chi connectivity index (χ3v) is 10.1. The molecule has 3 aliphatic heterocycles. The van der Waals surface area contributed by atoms with E-state index in [1.165, 1.54) is 31.5 Å². The van der Waals surface area contributed by atoms with Crippen molar-refractivity contribution in [1.29, 1.82) is 0 Å². The van der Waals surface area contributed by atoms with E-state index in [9.17, 15) is 14.7 Å². The van der Waals surface area contributed by atoms with Gasteiger partial charge in [0.05, 0.1) is 28.8 Å². The van der Waals surface area contributed by atoms with Gasteiger partial charge in [-0.15, -0.1) is 0 Å². The van der Waals surface area contributed by atoms with Crippen LogP contribution >= 0.6 is 0 Å². The number of piperazine rings is 1. The first-order chi connectivity index (χ1) is 19.4. The Hall–Kier alpha value is -3.08. The molecule has 2 aromatic heterocycles. The predicted octanol–water partition coefficient (Wildman–Crippen LogP) is 1.97. The highest BCUT2D eigenvalue weighted by molar-refractivity contribution is 5.93. The molecule has 0 radical (unpaired) electrons. The average molecular weight is 546 g/mol. The Balaban J connectivity index is 1.13. The summed E-state index contributed by atoms with van der Waals surface area (Å²) in [4.78, 5) is 37.0. The highest BCUT2D eigenvalue weighted by Crippen LogP contribution is 2.52. The second-order valence-corrected chi connectivity index (χ2v) is 12.6. The molecule has 212 valence electrons. The van der Waals surface area contributed by atoms with Crippen LogP contribution in [0.15, 0.2) is 41.6 Å². The van der Waals surface area contributed by atoms with Gasteiger partial charge in [0.2, 0.25) is 0 Å². The lowest BCUT2D eigenvalue weighted by atomic mass is 9.70. The maximum atomic E-state index is 13.6. The van der Waals surface area contributed by atoms with Crippen LogP contribution in [0.25, 0.3) is 16.7 Å². The van der Waals surface area contributed by atoms with Gasteiger partial charge in [0.15, 0.2) is 5.65 Å². The minimum Gasteiger partial charge on any atom is -0.392 e. The van der Waals surface area contributed by atoms with E-state index in [2.05, 4.69) is 37.3 Å². The second-order valence-electron chi connectivity index (χ2n) is 12.6. The molecule has 0 spiro atoms. The van der Waals surface area contributed by atoms with Crippen molar-refractivity contribution in [2.75, 3.05) is 44.2 Å². The molecule has 1 aliphatic carbocycles. The third-order valence-electron chi connectivity index (χ3n) is 10.1. The van der Waals surface area contributed by atoms with Crippen LogP contribution in [0.5, 0.6) is 0 Å². The molecule has 10 heteroatoms. The molecule has 2 N–H and O–H groups in total. The van der Waals surface area contributed by atoms with Gasteiger partial charge >= 0.3 is 0 Å². The number of carbonyl (C=O) groups excluding carboxylic acids is 1. The number of nitrogens with zero attached hydrogens (tertiary/aromatic N) is 6. The van der Waals surface area contributed by atoms with E-state index in [1.54, 1.807) is 21.8 Å². The number of aromatic nitrogens is 4. The first kappa shape index (κ1) is 25.9. The maximum Gasteiger partial charge on any atom is 0.264 e. The van der Waals surface area contributed by atoms with Gasteiger partial charge in [0.25, 0.3) is 5.56 Å². The molecule has 40 heavy (non-hydrogen) atoms. The summed E-state index contributed by atoms with van der Waals surface area (Å²) in [6, 6.07) is 9.03. The lowest BCUT2D eigenvalue weighted by molar-refractivity contribution is -0.137. The molecule has 1 saturated carbocycles. The van der Waals surface area contributed by atoms with Gasteiger partial charge in [-0.05, 0) is 76.0 Å². The summed E-state index contributed by atoms with van der Waals surface area (Å²) in [5.41, 5.74) is 1.00. The van der Waals surface area contributed by atoms with E-state index in [4.69, 9.17) is 0 Å². The monoisotopic (exact) mass is 545 g/mol. The normalized spacial score (nSPS) is 28.4. The average Bonchev–Trinajstić information content (AvgIpc) is 3.39. The van der Waals surface area contributed by atoms with Crippen molar-refractivity contribution >= 4 is 22.5 Å². The number of piperidine rings is 2. The molecular weight excluding hydrogens is 506 g/mol. The van der Waals surface area contributed by atoms with E-state index in [-0.39, 0.29) is 17.9 Å². The number of benzene rings is 1. The van der Waals surface area contributed by atoms with Crippen LogP contribution in [0.2, 0.25) is 0 Å². The van der Waals surface area contributed by atoms with Gasteiger partial charge < -0.3 is 15.3 Å². The minimum absolute atomic E-state index is 0.0710. The minimum atomic E-state index is -0.709. The molecule has 3 saturated heterocycles. The van der Waals surface area contributed by atoms with Crippen molar-refractivity contribution in [3.05, 3.63) is 47.1 Å². The van der Waals surface area contributed by atoms with E-state index >= 15 is 0 Å². The van der Waals surface area contributed by atoms with Gasteiger partial charge in [-0.3, -0.25) is 19.1 Å². The van der Waals surface area contributed by atoms with Crippen LogP contribution < -0.4 is 15.8 Å². The van der Waals surface area contributed by atoms with E-state index in [0.717, 1.165) is 25.3 Å². The lowest BCUT2D eigenvalue weighted by Crippen LogP contribution is -2.54. The van der Waals surface area contributed by atoms with Crippen molar-refractivity contribution in [2.24, 2.45) is 10.8 Å². The van der Waals surface area contributed by atoms with Crippen LogP contribution in [-0.4, -0.2) is 86.5 Å². The largest absolute Gasteiger partial charge is 0.392 e. The zero-order valence-electron chi connectivity index (χ0n) is 23.3. The van der Waals surface area contributed by atoms with Crippen molar-refractivity contribution in [3.63, 3.8) is 0 Å². The van der Waals surface area contributed by atoms with Crippen LogP contribution in [-0.2, 0) is 11.3 Å². The van der Waals surface area contributed by atoms with Gasteiger partial charge in [-0.2, -0.15) is 5.10 Å². The van der Waals surface area contributed by atoms with Crippen LogP contribution in [0.1, 0.15) is 45.4 Å². The second kappa shape index (κ2) is 9.78. The van der Waals surface area contributed by atoms with Crippen molar-refractivity contribution in [1.82, 2.24) is 29.5 Å². The fourth-order valence-corrected chi connectivity index (χ4v) is 7.33. The summed E-state index contributed by atoms with van der Waals surface area (Å²) < 4.78 is 3.29. The number of aliphatic hydroxyl groups excluding tert-OH is 1. The maximum absolute atomic E-state index is 13.6. The fourth-order valence-electron chi connectivity index (χ4n) is 7.33. The molecule has 0 bridgehead atoms. The highest BCUT2D eigenvalue weighted by Gasteiger charge is 2.61. The molecule has 1 aromatic carbocycles. The fraction of sp³-hybridized carbons (Fsp3) is 0.600. The molecule has 0 unspecified atom stereocenters. The van der Waals surface area contributed by atoms with E-state index < -0.39 is 16.9 Å². The predicted molar refractivity (Wildman–Crippen MR) is 153 cm³/mol. The number of hydrogen-bond donors (Lipinski definition) is 2. The summed E-state index contributed by atoms with van der Waals surface area (Å²) in [5.74, 6) is 0.0710. The van der Waals surface area contributed by atoms with Gasteiger partial charge in [0, 0.05) is 37.9 Å². The Morgan fingerprint density at radius 1 is 1.10 bits per heavy atom. The zero-order chi connectivity index (χ0) is 27.5. The lowest BCUT2D eigenvalue weighted by Gasteiger charge is -2.45. The first-order valence-electron chi connectivity index (χ1n) is 14.8. The molecule has 4 fully saturated rings. The van der Waals surface area contributed by atoms with Crippen LogP contribution in [0.4, 0.5) is 5.69 Å². The summed E-state index contributed by atoms with van der Waals surface area (Å²) in [6.45, 7) is 8.01. The third kappa shape index (κ3) is 4.28. The number of fused-ring (bicyclic) bond motifs is 2. The Kier molecular flexibility index (Phi) is 6.32. The first-order valence-corrected chi connectivity index (χ1v) is 14.8. The molecule has 3 atom stereocenters. The van der Waals surface area contributed by atoms with Gasteiger partial charge in [-0.1, -0.05) is 13.3 Å².